The third-order valence-electron chi connectivity index (χ3n) is 2.74. The molecule has 0 unspecified atom stereocenters. The van der Waals surface area contributed by atoms with E-state index in [0.717, 1.165) is 11.1 Å². The highest BCUT2D eigenvalue weighted by Crippen LogP contribution is 2.15. The van der Waals surface area contributed by atoms with E-state index in [1.807, 2.05) is 6.08 Å². The Morgan fingerprint density at radius 2 is 1.91 bits per heavy atom. The first kappa shape index (κ1) is 18.1. The number of halogens is 1. The highest BCUT2D eigenvalue weighted by molar-refractivity contribution is 6.84. The Balaban J connectivity index is 3.02. The van der Waals surface area contributed by atoms with Crippen molar-refractivity contribution in [3.63, 3.8) is 0 Å². The van der Waals surface area contributed by atoms with Crippen LogP contribution < -0.4 is 0 Å². The van der Waals surface area contributed by atoms with Crippen LogP contribution in [0.15, 0.2) is 30.3 Å². The quantitative estimate of drug-likeness (QED) is 0.670. The molecule has 0 saturated heterocycles. The van der Waals surface area contributed by atoms with Crippen LogP contribution >= 0.6 is 0 Å². The summed E-state index contributed by atoms with van der Waals surface area (Å²) in [7, 11) is 0.205. The van der Waals surface area contributed by atoms with Crippen molar-refractivity contribution in [2.75, 3.05) is 20.1 Å². The van der Waals surface area contributed by atoms with Crippen molar-refractivity contribution in [2.45, 2.75) is 19.6 Å². The molecule has 0 aliphatic rings. The van der Waals surface area contributed by atoms with Crippen molar-refractivity contribution < 1.29 is 14.3 Å². The van der Waals surface area contributed by atoms with Crippen LogP contribution in [-0.2, 0) is 4.79 Å². The third kappa shape index (κ3) is 7.20. The minimum atomic E-state index is -1.53. The Morgan fingerprint density at radius 3 is 2.41 bits per heavy atom. The zero-order valence-corrected chi connectivity index (χ0v) is 14.5. The first-order chi connectivity index (χ1) is 10.2. The normalized spacial score (nSPS) is 12.0. The molecule has 0 aliphatic carbocycles. The number of carboxylic acid groups (broad SMARTS) is 1. The van der Waals surface area contributed by atoms with E-state index in [9.17, 15) is 9.18 Å². The summed E-state index contributed by atoms with van der Waals surface area (Å²) in [6, 6.07) is 6.19. The number of benzene rings is 1. The molecular weight excluding hydrogens is 297 g/mol. The lowest BCUT2D eigenvalue weighted by molar-refractivity contribution is -0.137. The first-order valence-corrected chi connectivity index (χ1v) is 10.6. The smallest absolute Gasteiger partial charge is 0.317 e. The lowest BCUT2D eigenvalue weighted by Gasteiger charge is -2.12. The molecule has 0 atom stereocenters. The van der Waals surface area contributed by atoms with Gasteiger partial charge in [0, 0.05) is 12.1 Å². The number of aliphatic carboxylic acids is 1. The molecule has 1 rings (SSSR count). The maximum atomic E-state index is 13.1. The molecule has 1 N–H and O–H groups in total. The Kier molecular flexibility index (Phi) is 6.53. The SMILES string of the molecule is CN(CC=C(C#C[Si](C)(C)C)c1ccc(F)cc1)CC(=O)O. The molecule has 0 spiro atoms. The number of allylic oxidation sites excluding steroid dienone is 1. The maximum Gasteiger partial charge on any atom is 0.317 e. The monoisotopic (exact) mass is 319 g/mol. The summed E-state index contributed by atoms with van der Waals surface area (Å²) in [6.07, 6.45) is 1.89. The van der Waals surface area contributed by atoms with E-state index in [1.165, 1.54) is 12.1 Å². The zero-order chi connectivity index (χ0) is 16.8. The first-order valence-electron chi connectivity index (χ1n) is 7.07. The van der Waals surface area contributed by atoms with Crippen molar-refractivity contribution >= 4 is 19.6 Å². The minimum Gasteiger partial charge on any atom is -0.480 e. The predicted molar refractivity (Wildman–Crippen MR) is 90.6 cm³/mol. The lowest BCUT2D eigenvalue weighted by Crippen LogP contribution is -2.25. The molecule has 0 bridgehead atoms. The molecule has 0 radical (unpaired) electrons. The van der Waals surface area contributed by atoms with Gasteiger partial charge in [-0.3, -0.25) is 9.69 Å². The van der Waals surface area contributed by atoms with Gasteiger partial charge in [-0.15, -0.1) is 5.54 Å². The number of nitrogens with zero attached hydrogens (tertiary/aromatic N) is 1. The Labute approximate surface area is 132 Å². The van der Waals surface area contributed by atoms with Crippen LogP contribution in [-0.4, -0.2) is 44.2 Å². The van der Waals surface area contributed by atoms with Crippen LogP contribution in [0.3, 0.4) is 0 Å². The van der Waals surface area contributed by atoms with Gasteiger partial charge in [-0.05, 0) is 24.7 Å². The molecule has 3 nitrogen and oxygen atoms in total. The number of hydrogen-bond donors (Lipinski definition) is 1. The van der Waals surface area contributed by atoms with Crippen LogP contribution in [0.25, 0.3) is 5.57 Å². The molecule has 5 heteroatoms. The van der Waals surface area contributed by atoms with Crippen LogP contribution in [0.2, 0.25) is 19.6 Å². The molecule has 1 aromatic carbocycles. The van der Waals surface area contributed by atoms with Crippen LogP contribution in [0.4, 0.5) is 4.39 Å². The molecule has 0 amide bonds. The van der Waals surface area contributed by atoms with Crippen LogP contribution in [0.1, 0.15) is 5.56 Å². The summed E-state index contributed by atoms with van der Waals surface area (Å²) in [5, 5.41) is 8.78. The van der Waals surface area contributed by atoms with E-state index in [4.69, 9.17) is 5.11 Å². The Morgan fingerprint density at radius 1 is 1.32 bits per heavy atom. The van der Waals surface area contributed by atoms with Gasteiger partial charge in [-0.1, -0.05) is 43.8 Å². The molecule has 22 heavy (non-hydrogen) atoms. The summed E-state index contributed by atoms with van der Waals surface area (Å²) < 4.78 is 13.1. The summed E-state index contributed by atoms with van der Waals surface area (Å²) >= 11 is 0. The van der Waals surface area contributed by atoms with Gasteiger partial charge in [0.05, 0.1) is 6.54 Å². The standard InChI is InChI=1S/C17H22FNO2Si/c1-19(13-17(20)21)11-9-15(10-12-22(2,3)4)14-5-7-16(18)8-6-14/h5-9H,11,13H2,1-4H3,(H,20,21). The highest BCUT2D eigenvalue weighted by Gasteiger charge is 2.09. The van der Waals surface area contributed by atoms with E-state index in [2.05, 4.69) is 31.1 Å². The Bertz CT molecular complexity index is 606. The van der Waals surface area contributed by atoms with E-state index in [1.54, 1.807) is 24.1 Å². The number of carboxylic acids is 1. The minimum absolute atomic E-state index is 0.0331. The molecule has 0 aromatic heterocycles. The topological polar surface area (TPSA) is 40.5 Å². The van der Waals surface area contributed by atoms with Gasteiger partial charge in [-0.2, -0.15) is 0 Å². The van der Waals surface area contributed by atoms with Crippen molar-refractivity contribution in [2.24, 2.45) is 0 Å². The molecule has 1 aromatic rings. The van der Waals surface area contributed by atoms with E-state index in [-0.39, 0.29) is 12.4 Å². The van der Waals surface area contributed by atoms with Crippen LogP contribution in [0.5, 0.6) is 0 Å². The molecule has 0 saturated carbocycles. The second-order valence-corrected chi connectivity index (χ2v) is 11.0. The fourth-order valence-corrected chi connectivity index (χ4v) is 2.18. The van der Waals surface area contributed by atoms with Gasteiger partial charge < -0.3 is 5.11 Å². The number of likely N-dealkylation sites (N-methyl/N-ethyl adjacent to an activating group) is 1. The molecule has 0 heterocycles. The van der Waals surface area contributed by atoms with Crippen molar-refractivity contribution in [3.05, 3.63) is 41.7 Å². The Hall–Kier alpha value is -1.90. The number of rotatable bonds is 5. The van der Waals surface area contributed by atoms with Gasteiger partial charge in [0.1, 0.15) is 13.9 Å². The van der Waals surface area contributed by atoms with Gasteiger partial charge in [0.15, 0.2) is 0 Å². The van der Waals surface area contributed by atoms with Crippen molar-refractivity contribution in [3.8, 4) is 11.5 Å². The molecule has 0 aliphatic heterocycles. The summed E-state index contributed by atoms with van der Waals surface area (Å²) in [5.41, 5.74) is 4.94. The average Bonchev–Trinajstić information content (AvgIpc) is 2.38. The second-order valence-electron chi connectivity index (χ2n) is 6.22. The lowest BCUT2D eigenvalue weighted by atomic mass is 10.1. The second kappa shape index (κ2) is 7.92. The number of hydrogen-bond acceptors (Lipinski definition) is 2. The van der Waals surface area contributed by atoms with Crippen molar-refractivity contribution in [1.82, 2.24) is 4.90 Å². The van der Waals surface area contributed by atoms with E-state index < -0.39 is 14.0 Å². The van der Waals surface area contributed by atoms with Gasteiger partial charge in [0.2, 0.25) is 0 Å². The summed E-state index contributed by atoms with van der Waals surface area (Å²) in [6.45, 7) is 6.89. The highest BCUT2D eigenvalue weighted by atomic mass is 28.3. The summed E-state index contributed by atoms with van der Waals surface area (Å²) in [4.78, 5) is 12.4. The molecular formula is C17H22FNO2Si. The van der Waals surface area contributed by atoms with E-state index in [0.29, 0.717) is 6.54 Å². The van der Waals surface area contributed by atoms with Gasteiger partial charge in [0.25, 0.3) is 0 Å². The van der Waals surface area contributed by atoms with Crippen molar-refractivity contribution in [1.29, 1.82) is 0 Å². The molecule has 0 fully saturated rings. The van der Waals surface area contributed by atoms with Gasteiger partial charge >= 0.3 is 5.97 Å². The van der Waals surface area contributed by atoms with Gasteiger partial charge in [-0.25, -0.2) is 4.39 Å². The third-order valence-corrected chi connectivity index (χ3v) is 3.61. The molecule has 118 valence electrons. The fourth-order valence-electron chi connectivity index (χ4n) is 1.67. The largest absolute Gasteiger partial charge is 0.480 e. The zero-order valence-electron chi connectivity index (χ0n) is 13.5. The number of carbonyl (C=O) groups is 1. The van der Waals surface area contributed by atoms with E-state index >= 15 is 0 Å². The predicted octanol–water partition coefficient (Wildman–Crippen LogP) is 3.11. The van der Waals surface area contributed by atoms with Crippen LogP contribution in [0, 0.1) is 17.3 Å². The average molecular weight is 319 g/mol. The fraction of sp³-hybridized carbons (Fsp3) is 0.353. The summed E-state index contributed by atoms with van der Waals surface area (Å²) in [5.74, 6) is 2.02. The maximum absolute atomic E-state index is 13.1.